The minimum atomic E-state index is -1.40. The molecule has 8 atom stereocenters. The fourth-order valence-corrected chi connectivity index (χ4v) is 6.95. The summed E-state index contributed by atoms with van der Waals surface area (Å²) in [6.45, 7) is 2.82. The minimum absolute atomic E-state index is 0.0366. The number of nitrogens with one attached hydrogen (secondary N) is 5. The van der Waals surface area contributed by atoms with Gasteiger partial charge in [-0.1, -0.05) is 48.9 Å². The van der Waals surface area contributed by atoms with Gasteiger partial charge in [0.1, 0.15) is 30.0 Å². The van der Waals surface area contributed by atoms with Crippen molar-refractivity contribution in [2.45, 2.75) is 101 Å². The Bertz CT molecular complexity index is 1570. The molecule has 5 rings (SSSR count). The second-order valence-corrected chi connectivity index (χ2v) is 13.5. The maximum Gasteiger partial charge on any atom is 0.246 e. The number of carbonyl (C=O) groups is 6. The first-order valence-corrected chi connectivity index (χ1v) is 17.2. The average molecular weight is 693 g/mol. The maximum absolute atomic E-state index is 14.4. The number of rotatable bonds is 7. The molecule has 6 amide bonds. The van der Waals surface area contributed by atoms with E-state index < -0.39 is 77.8 Å². The smallest absolute Gasteiger partial charge is 0.246 e. The first-order chi connectivity index (χ1) is 23.9. The van der Waals surface area contributed by atoms with Crippen LogP contribution in [0, 0.1) is 11.7 Å². The van der Waals surface area contributed by atoms with Crippen molar-refractivity contribution in [2.24, 2.45) is 5.92 Å². The van der Waals surface area contributed by atoms with Crippen molar-refractivity contribution in [3.05, 3.63) is 71.5 Å². The van der Waals surface area contributed by atoms with Crippen molar-refractivity contribution >= 4 is 35.4 Å². The number of hydrogen-bond donors (Lipinski definition) is 6. The summed E-state index contributed by atoms with van der Waals surface area (Å²) < 4.78 is 13.3. The van der Waals surface area contributed by atoms with E-state index in [1.807, 2.05) is 0 Å². The summed E-state index contributed by atoms with van der Waals surface area (Å²) in [5, 5.41) is 24.4. The predicted octanol–water partition coefficient (Wildman–Crippen LogP) is 0.240. The second-order valence-electron chi connectivity index (χ2n) is 13.5. The lowest BCUT2D eigenvalue weighted by molar-refractivity contribution is -0.143. The first kappa shape index (κ1) is 36.4. The molecule has 2 aliphatic heterocycles. The number of aliphatic hydroxyl groups excluding tert-OH is 1. The Hall–Kier alpha value is -4.85. The van der Waals surface area contributed by atoms with Crippen molar-refractivity contribution in [3.8, 4) is 0 Å². The van der Waals surface area contributed by atoms with E-state index in [1.165, 1.54) is 30.9 Å². The molecule has 0 bridgehead atoms. The number of fused-ring (bicyclic) bond motifs is 2. The van der Waals surface area contributed by atoms with Crippen molar-refractivity contribution in [3.63, 3.8) is 0 Å². The first-order valence-electron chi connectivity index (χ1n) is 17.2. The van der Waals surface area contributed by atoms with Gasteiger partial charge in [0.05, 0.1) is 12.0 Å². The van der Waals surface area contributed by atoms with Crippen LogP contribution in [0.1, 0.15) is 57.1 Å². The van der Waals surface area contributed by atoms with Gasteiger partial charge in [-0.25, -0.2) is 4.39 Å². The molecular weight excluding hydrogens is 647 g/mol. The van der Waals surface area contributed by atoms with E-state index in [0.29, 0.717) is 31.2 Å². The van der Waals surface area contributed by atoms with Gasteiger partial charge in [0.25, 0.3) is 0 Å². The number of aryl methyl sites for hydroxylation is 1. The molecule has 1 saturated carbocycles. The summed E-state index contributed by atoms with van der Waals surface area (Å²) in [5.74, 6) is -4.39. The van der Waals surface area contributed by atoms with E-state index in [9.17, 15) is 38.3 Å². The van der Waals surface area contributed by atoms with Crippen molar-refractivity contribution < 1.29 is 38.3 Å². The van der Waals surface area contributed by atoms with Crippen LogP contribution in [-0.4, -0.2) is 94.3 Å². The van der Waals surface area contributed by atoms with Gasteiger partial charge in [0, 0.05) is 31.5 Å². The van der Waals surface area contributed by atoms with Crippen LogP contribution in [-0.2, 0) is 41.6 Å². The zero-order valence-electron chi connectivity index (χ0n) is 28.2. The van der Waals surface area contributed by atoms with E-state index >= 15 is 0 Å². The Morgan fingerprint density at radius 2 is 1.62 bits per heavy atom. The molecule has 0 radical (unpaired) electrons. The van der Waals surface area contributed by atoms with Gasteiger partial charge < -0.3 is 36.6 Å². The number of halogens is 1. The van der Waals surface area contributed by atoms with Crippen molar-refractivity contribution in [1.82, 2.24) is 31.5 Å². The lowest BCUT2D eigenvalue weighted by Gasteiger charge is -2.32. The van der Waals surface area contributed by atoms with Gasteiger partial charge in [0.15, 0.2) is 0 Å². The third kappa shape index (κ3) is 9.03. The molecule has 13 nitrogen and oxygen atoms in total. The van der Waals surface area contributed by atoms with Crippen molar-refractivity contribution in [2.75, 3.05) is 6.54 Å². The van der Waals surface area contributed by atoms with E-state index in [-0.39, 0.29) is 37.5 Å². The van der Waals surface area contributed by atoms with Gasteiger partial charge in [0.2, 0.25) is 35.4 Å². The highest BCUT2D eigenvalue weighted by Gasteiger charge is 2.44. The monoisotopic (exact) mass is 692 g/mol. The van der Waals surface area contributed by atoms with Crippen LogP contribution in [0.3, 0.4) is 0 Å². The van der Waals surface area contributed by atoms with Gasteiger partial charge in [-0.15, -0.1) is 0 Å². The zero-order valence-corrected chi connectivity index (χ0v) is 28.2. The summed E-state index contributed by atoms with van der Waals surface area (Å²) in [6.07, 6.45) is 0.831. The van der Waals surface area contributed by atoms with Gasteiger partial charge in [-0.2, -0.15) is 0 Å². The molecule has 2 heterocycles. The standard InChI is InChI=1S/C36H45FN6O7/c1-20-32(46)40-27-10-6-9-26(27)33(47)42-31(21(2)44)35(49)41-28(17-23-7-4-3-5-8-23)36(50)43-19-25(18-29(43)34(48)38-20)39-30(45)16-13-22-11-14-24(37)15-12-22/h3-5,7-8,11-12,14-15,20-21,25-29,31,44H,6,9-10,13,16-19H2,1-2H3,(H,38,48)(H,39,45)(H,40,46)(H,41,49)(H,42,47)/t20-,21+,25+,26+,27+,28-,29-,31-/m0/s1. The molecule has 0 aromatic heterocycles. The Morgan fingerprint density at radius 1 is 0.900 bits per heavy atom. The third-order valence-electron chi connectivity index (χ3n) is 9.70. The number of aliphatic hydroxyl groups is 1. The highest BCUT2D eigenvalue weighted by Crippen LogP contribution is 2.27. The molecular formula is C36H45FN6O7. The van der Waals surface area contributed by atoms with Crippen LogP contribution in [0.25, 0.3) is 0 Å². The molecule has 2 aromatic carbocycles. The van der Waals surface area contributed by atoms with Gasteiger partial charge in [-0.05, 0) is 62.8 Å². The van der Waals surface area contributed by atoms with Crippen LogP contribution < -0.4 is 26.6 Å². The second kappa shape index (κ2) is 16.2. The molecule has 0 spiro atoms. The van der Waals surface area contributed by atoms with Crippen LogP contribution in [0.5, 0.6) is 0 Å². The quantitative estimate of drug-likeness (QED) is 0.240. The molecule has 2 aromatic rings. The lowest BCUT2D eigenvalue weighted by atomic mass is 10.00. The molecule has 268 valence electrons. The molecule has 50 heavy (non-hydrogen) atoms. The van der Waals surface area contributed by atoms with Crippen LogP contribution in [0.2, 0.25) is 0 Å². The van der Waals surface area contributed by atoms with Crippen LogP contribution >= 0.6 is 0 Å². The highest BCUT2D eigenvalue weighted by atomic mass is 19.1. The number of amides is 6. The lowest BCUT2D eigenvalue weighted by Crippen LogP contribution is -2.61. The molecule has 2 saturated heterocycles. The Labute approximate surface area is 290 Å². The number of carbonyl (C=O) groups excluding carboxylic acids is 6. The summed E-state index contributed by atoms with van der Waals surface area (Å²) in [5.41, 5.74) is 1.48. The van der Waals surface area contributed by atoms with E-state index in [0.717, 1.165) is 5.56 Å². The Kier molecular flexibility index (Phi) is 11.8. The van der Waals surface area contributed by atoms with Crippen LogP contribution in [0.15, 0.2) is 54.6 Å². The summed E-state index contributed by atoms with van der Waals surface area (Å²) >= 11 is 0. The zero-order chi connectivity index (χ0) is 35.9. The molecule has 3 fully saturated rings. The normalized spacial score (nSPS) is 28.4. The molecule has 0 unspecified atom stereocenters. The number of hydrogen-bond acceptors (Lipinski definition) is 7. The summed E-state index contributed by atoms with van der Waals surface area (Å²) in [4.78, 5) is 82.8. The topological polar surface area (TPSA) is 186 Å². The number of nitrogens with zero attached hydrogens (tertiary/aromatic N) is 1. The van der Waals surface area contributed by atoms with Gasteiger partial charge >= 0.3 is 0 Å². The Balaban J connectivity index is 1.42. The average Bonchev–Trinajstić information content (AvgIpc) is 3.73. The third-order valence-corrected chi connectivity index (χ3v) is 9.70. The largest absolute Gasteiger partial charge is 0.391 e. The van der Waals surface area contributed by atoms with E-state index in [4.69, 9.17) is 0 Å². The fraction of sp³-hybridized carbons (Fsp3) is 0.500. The summed E-state index contributed by atoms with van der Waals surface area (Å²) in [6, 6.07) is 8.88. The van der Waals surface area contributed by atoms with Crippen molar-refractivity contribution in [1.29, 1.82) is 0 Å². The van der Waals surface area contributed by atoms with E-state index in [2.05, 4.69) is 26.6 Å². The fourth-order valence-electron chi connectivity index (χ4n) is 6.95. The maximum atomic E-state index is 14.4. The highest BCUT2D eigenvalue weighted by molar-refractivity contribution is 5.97. The molecule has 6 N–H and O–H groups in total. The van der Waals surface area contributed by atoms with Gasteiger partial charge in [-0.3, -0.25) is 28.8 Å². The number of benzene rings is 2. The minimum Gasteiger partial charge on any atom is -0.391 e. The molecule has 1 aliphatic carbocycles. The molecule has 3 aliphatic rings. The Morgan fingerprint density at radius 3 is 2.32 bits per heavy atom. The SMILES string of the molecule is C[C@@H]1NC(=O)[C@@H]2C[C@@H](NC(=O)CCc3ccc(F)cc3)CN2C(=O)[C@H](Cc2ccccc2)NC(=O)[C@H]([C@@H](C)O)NC(=O)[C@@H]2CCC[C@H]2NC1=O. The summed E-state index contributed by atoms with van der Waals surface area (Å²) in [7, 11) is 0. The van der Waals surface area contributed by atoms with E-state index in [1.54, 1.807) is 42.5 Å². The molecule has 14 heteroatoms. The van der Waals surface area contributed by atoms with Crippen LogP contribution in [0.4, 0.5) is 4.39 Å². The predicted molar refractivity (Wildman–Crippen MR) is 179 cm³/mol.